The molecule has 6 nitrogen and oxygen atoms in total. The van der Waals surface area contributed by atoms with Crippen LogP contribution in [0.15, 0.2) is 18.2 Å². The first kappa shape index (κ1) is 12.2. The van der Waals surface area contributed by atoms with Crippen molar-refractivity contribution in [3.05, 3.63) is 23.8 Å². The van der Waals surface area contributed by atoms with Crippen molar-refractivity contribution in [2.45, 2.75) is 6.42 Å². The summed E-state index contributed by atoms with van der Waals surface area (Å²) in [6.45, 7) is 1.09. The summed E-state index contributed by atoms with van der Waals surface area (Å²) in [7, 11) is 0. The van der Waals surface area contributed by atoms with Gasteiger partial charge in [0.05, 0.1) is 5.56 Å². The lowest BCUT2D eigenvalue weighted by molar-refractivity contribution is -0.120. The molecule has 0 aliphatic carbocycles. The molecule has 18 heavy (non-hydrogen) atoms. The zero-order valence-electron chi connectivity index (χ0n) is 9.72. The average Bonchev–Trinajstić information content (AvgIpc) is 2.56. The molecule has 1 aromatic rings. The van der Waals surface area contributed by atoms with Crippen LogP contribution in [0.2, 0.25) is 0 Å². The van der Waals surface area contributed by atoms with Gasteiger partial charge in [0.1, 0.15) is 11.5 Å². The second-order valence-corrected chi connectivity index (χ2v) is 4.09. The van der Waals surface area contributed by atoms with Gasteiger partial charge in [-0.2, -0.15) is 0 Å². The largest absolute Gasteiger partial charge is 0.508 e. The van der Waals surface area contributed by atoms with Gasteiger partial charge in [-0.05, 0) is 18.2 Å². The molecule has 6 heteroatoms. The van der Waals surface area contributed by atoms with Crippen LogP contribution in [0.4, 0.5) is 0 Å². The van der Waals surface area contributed by atoms with Crippen molar-refractivity contribution in [3.8, 4) is 11.5 Å². The van der Waals surface area contributed by atoms with Crippen LogP contribution in [0.3, 0.4) is 0 Å². The van der Waals surface area contributed by atoms with Crippen LogP contribution in [0.1, 0.15) is 16.8 Å². The van der Waals surface area contributed by atoms with Crippen molar-refractivity contribution >= 4 is 11.8 Å². The minimum Gasteiger partial charge on any atom is -0.508 e. The smallest absolute Gasteiger partial charge is 0.257 e. The highest BCUT2D eigenvalue weighted by molar-refractivity contribution is 5.97. The molecule has 1 aromatic carbocycles. The minimum absolute atomic E-state index is 0.0457. The van der Waals surface area contributed by atoms with Crippen molar-refractivity contribution in [1.82, 2.24) is 10.2 Å². The summed E-state index contributed by atoms with van der Waals surface area (Å²) in [6, 6.07) is 3.79. The predicted octanol–water partition coefficient (Wildman–Crippen LogP) is 0.0599. The summed E-state index contributed by atoms with van der Waals surface area (Å²) >= 11 is 0. The molecule has 0 spiro atoms. The quantitative estimate of drug-likeness (QED) is 0.615. The number of hydrogen-bond acceptors (Lipinski definition) is 4. The van der Waals surface area contributed by atoms with E-state index in [1.54, 1.807) is 0 Å². The lowest BCUT2D eigenvalue weighted by atomic mass is 10.1. The molecular weight excluding hydrogens is 236 g/mol. The number of carbonyl (C=O) groups is 2. The molecule has 1 aliphatic heterocycles. The Bertz CT molecular complexity index is 487. The molecule has 1 heterocycles. The van der Waals surface area contributed by atoms with Crippen LogP contribution in [-0.2, 0) is 4.79 Å². The van der Waals surface area contributed by atoms with Crippen molar-refractivity contribution in [2.75, 3.05) is 19.6 Å². The van der Waals surface area contributed by atoms with Gasteiger partial charge in [0.25, 0.3) is 5.91 Å². The Morgan fingerprint density at radius 3 is 2.83 bits per heavy atom. The standard InChI is InChI=1S/C12H14N2O4/c15-8-1-2-10(16)9(7-8)12(18)14-5-3-11(17)13-4-6-14/h1-2,7,15-16H,3-6H2,(H,13,17). The van der Waals surface area contributed by atoms with Crippen molar-refractivity contribution in [3.63, 3.8) is 0 Å². The van der Waals surface area contributed by atoms with E-state index in [1.807, 2.05) is 0 Å². The topological polar surface area (TPSA) is 89.9 Å². The molecule has 96 valence electrons. The summed E-state index contributed by atoms with van der Waals surface area (Å²) in [6.07, 6.45) is 0.241. The summed E-state index contributed by atoms with van der Waals surface area (Å²) < 4.78 is 0. The van der Waals surface area contributed by atoms with E-state index < -0.39 is 0 Å². The van der Waals surface area contributed by atoms with E-state index in [0.717, 1.165) is 0 Å². The van der Waals surface area contributed by atoms with Gasteiger partial charge in [-0.1, -0.05) is 0 Å². The molecule has 1 aliphatic rings. The molecule has 0 radical (unpaired) electrons. The normalized spacial score (nSPS) is 16.0. The first-order chi connectivity index (χ1) is 8.58. The molecule has 0 atom stereocenters. The van der Waals surface area contributed by atoms with E-state index in [4.69, 9.17) is 0 Å². The summed E-state index contributed by atoms with van der Waals surface area (Å²) in [5.74, 6) is -0.744. The number of phenols is 2. The second kappa shape index (κ2) is 4.95. The van der Waals surface area contributed by atoms with E-state index in [9.17, 15) is 19.8 Å². The highest BCUT2D eigenvalue weighted by Crippen LogP contribution is 2.23. The zero-order valence-corrected chi connectivity index (χ0v) is 9.72. The number of carbonyl (C=O) groups excluding carboxylic acids is 2. The molecule has 0 saturated carbocycles. The Hall–Kier alpha value is -2.24. The predicted molar refractivity (Wildman–Crippen MR) is 63.3 cm³/mol. The van der Waals surface area contributed by atoms with Gasteiger partial charge in [0.2, 0.25) is 5.91 Å². The lowest BCUT2D eigenvalue weighted by Crippen LogP contribution is -2.34. The van der Waals surface area contributed by atoms with Gasteiger partial charge >= 0.3 is 0 Å². The number of nitrogens with one attached hydrogen (secondary N) is 1. The lowest BCUT2D eigenvalue weighted by Gasteiger charge is -2.20. The molecule has 1 saturated heterocycles. The van der Waals surface area contributed by atoms with Gasteiger partial charge < -0.3 is 20.4 Å². The Kier molecular flexibility index (Phi) is 3.36. The highest BCUT2D eigenvalue weighted by atomic mass is 16.3. The van der Waals surface area contributed by atoms with Crippen LogP contribution in [0.5, 0.6) is 11.5 Å². The molecule has 3 N–H and O–H groups in total. The molecular formula is C12H14N2O4. The van der Waals surface area contributed by atoms with Gasteiger partial charge in [-0.15, -0.1) is 0 Å². The number of hydrogen-bond donors (Lipinski definition) is 3. The van der Waals surface area contributed by atoms with E-state index in [-0.39, 0.29) is 35.3 Å². The fraction of sp³-hybridized carbons (Fsp3) is 0.333. The number of nitrogens with zero attached hydrogens (tertiary/aromatic N) is 1. The van der Waals surface area contributed by atoms with Crippen LogP contribution >= 0.6 is 0 Å². The number of aromatic hydroxyl groups is 2. The molecule has 2 amide bonds. The summed E-state index contributed by atoms with van der Waals surface area (Å²) in [5, 5.41) is 21.6. The van der Waals surface area contributed by atoms with Gasteiger partial charge in [-0.3, -0.25) is 9.59 Å². The maximum Gasteiger partial charge on any atom is 0.257 e. The second-order valence-electron chi connectivity index (χ2n) is 4.09. The highest BCUT2D eigenvalue weighted by Gasteiger charge is 2.22. The fourth-order valence-corrected chi connectivity index (χ4v) is 1.84. The third kappa shape index (κ3) is 2.53. The Balaban J connectivity index is 2.19. The van der Waals surface area contributed by atoms with Crippen molar-refractivity contribution in [1.29, 1.82) is 0 Å². The van der Waals surface area contributed by atoms with Crippen molar-refractivity contribution < 1.29 is 19.8 Å². The third-order valence-electron chi connectivity index (χ3n) is 2.81. The molecule has 2 rings (SSSR count). The average molecular weight is 250 g/mol. The molecule has 0 bridgehead atoms. The summed E-state index contributed by atoms with van der Waals surface area (Å²) in [5.41, 5.74) is 0.0457. The van der Waals surface area contributed by atoms with Crippen LogP contribution in [-0.4, -0.2) is 46.6 Å². The van der Waals surface area contributed by atoms with Crippen LogP contribution in [0.25, 0.3) is 0 Å². The molecule has 1 fully saturated rings. The van der Waals surface area contributed by atoms with E-state index in [0.29, 0.717) is 19.6 Å². The Morgan fingerprint density at radius 2 is 2.06 bits per heavy atom. The number of amides is 2. The zero-order chi connectivity index (χ0) is 13.1. The fourth-order valence-electron chi connectivity index (χ4n) is 1.84. The minimum atomic E-state index is -0.389. The Labute approximate surface area is 104 Å². The van der Waals surface area contributed by atoms with Crippen molar-refractivity contribution in [2.24, 2.45) is 0 Å². The first-order valence-corrected chi connectivity index (χ1v) is 5.66. The van der Waals surface area contributed by atoms with E-state index in [1.165, 1.54) is 23.1 Å². The van der Waals surface area contributed by atoms with Gasteiger partial charge in [-0.25, -0.2) is 0 Å². The maximum absolute atomic E-state index is 12.1. The number of benzene rings is 1. The monoisotopic (exact) mass is 250 g/mol. The van der Waals surface area contributed by atoms with Gasteiger partial charge in [0, 0.05) is 26.1 Å². The van der Waals surface area contributed by atoms with Gasteiger partial charge in [0.15, 0.2) is 0 Å². The molecule has 0 aromatic heterocycles. The SMILES string of the molecule is O=C1CCN(C(=O)c2cc(O)ccc2O)CCN1. The first-order valence-electron chi connectivity index (χ1n) is 5.66. The van der Waals surface area contributed by atoms with Crippen LogP contribution < -0.4 is 5.32 Å². The third-order valence-corrected chi connectivity index (χ3v) is 2.81. The Morgan fingerprint density at radius 1 is 1.28 bits per heavy atom. The van der Waals surface area contributed by atoms with E-state index >= 15 is 0 Å². The molecule has 0 unspecified atom stereocenters. The number of phenolic OH excluding ortho intramolecular Hbond substituents is 2. The van der Waals surface area contributed by atoms with Crippen LogP contribution in [0, 0.1) is 0 Å². The number of rotatable bonds is 1. The maximum atomic E-state index is 12.1. The van der Waals surface area contributed by atoms with E-state index in [2.05, 4.69) is 5.32 Å². The summed E-state index contributed by atoms with van der Waals surface area (Å²) in [4.78, 5) is 24.8.